The first-order valence-electron chi connectivity index (χ1n) is 7.49. The van der Waals surface area contributed by atoms with Gasteiger partial charge in [-0.1, -0.05) is 12.1 Å². The zero-order chi connectivity index (χ0) is 15.1. The molecule has 4 nitrogen and oxygen atoms in total. The topological polar surface area (TPSA) is 38.1 Å². The number of carbonyl (C=O) groups is 1. The van der Waals surface area contributed by atoms with Crippen LogP contribution in [0.2, 0.25) is 0 Å². The van der Waals surface area contributed by atoms with Crippen molar-refractivity contribution in [2.75, 3.05) is 13.1 Å². The molecule has 1 amide bonds. The number of benzene rings is 1. The average Bonchev–Trinajstić information content (AvgIpc) is 3.25. The molecule has 1 saturated heterocycles. The first-order valence-corrected chi connectivity index (χ1v) is 8.43. The van der Waals surface area contributed by atoms with Gasteiger partial charge in [0.1, 0.15) is 5.82 Å². The van der Waals surface area contributed by atoms with Crippen LogP contribution >= 0.6 is 11.3 Å². The van der Waals surface area contributed by atoms with Crippen molar-refractivity contribution in [1.29, 1.82) is 0 Å². The molecule has 112 valence electrons. The Labute approximate surface area is 133 Å². The maximum absolute atomic E-state index is 12.5. The van der Waals surface area contributed by atoms with Crippen LogP contribution in [0.4, 0.5) is 0 Å². The van der Waals surface area contributed by atoms with E-state index in [1.54, 1.807) is 11.3 Å². The lowest BCUT2D eigenvalue weighted by Crippen LogP contribution is -2.28. The minimum atomic E-state index is 0.144. The summed E-state index contributed by atoms with van der Waals surface area (Å²) in [7, 11) is 0. The summed E-state index contributed by atoms with van der Waals surface area (Å²) in [5, 5.41) is 3.88. The Hall–Kier alpha value is -2.14. The van der Waals surface area contributed by atoms with Crippen molar-refractivity contribution < 1.29 is 4.79 Å². The molecule has 1 aliphatic rings. The number of hydrogen-bond acceptors (Lipinski definition) is 3. The van der Waals surface area contributed by atoms with Gasteiger partial charge in [0.25, 0.3) is 5.91 Å². The van der Waals surface area contributed by atoms with Crippen molar-refractivity contribution in [2.45, 2.75) is 19.4 Å². The number of para-hydroxylation sites is 2. The molecule has 0 N–H and O–H groups in total. The van der Waals surface area contributed by atoms with Crippen LogP contribution in [0.3, 0.4) is 0 Å². The molecular weight excluding hydrogens is 294 g/mol. The zero-order valence-electron chi connectivity index (χ0n) is 12.4. The molecule has 3 heterocycles. The number of carbonyl (C=O) groups excluding carboxylic acids is 1. The molecule has 0 aliphatic carbocycles. The standard InChI is InChI=1S/C17H17N3OS/c1-12-18-15-4-2-3-5-16(15)20(12)14-6-8-19(10-14)17(21)13-7-9-22-11-13/h2-5,7,9,11,14H,6,8,10H2,1H3/t14-/m0/s1. The number of rotatable bonds is 2. The van der Waals surface area contributed by atoms with Gasteiger partial charge < -0.3 is 9.47 Å². The first kappa shape index (κ1) is 13.5. The number of aryl methyl sites for hydroxylation is 1. The van der Waals surface area contributed by atoms with E-state index in [4.69, 9.17) is 0 Å². The van der Waals surface area contributed by atoms with Crippen molar-refractivity contribution in [3.8, 4) is 0 Å². The Morgan fingerprint density at radius 2 is 2.18 bits per heavy atom. The number of amides is 1. The molecule has 5 heteroatoms. The molecule has 0 unspecified atom stereocenters. The second-order valence-corrected chi connectivity index (χ2v) is 6.50. The number of fused-ring (bicyclic) bond motifs is 1. The molecule has 0 radical (unpaired) electrons. The van der Waals surface area contributed by atoms with Crippen LogP contribution in [0.1, 0.15) is 28.6 Å². The molecule has 1 atom stereocenters. The number of nitrogens with zero attached hydrogens (tertiary/aromatic N) is 3. The summed E-state index contributed by atoms with van der Waals surface area (Å²) < 4.78 is 2.29. The van der Waals surface area contributed by atoms with Gasteiger partial charge in [-0.05, 0) is 36.9 Å². The summed E-state index contributed by atoms with van der Waals surface area (Å²) in [6.45, 7) is 3.62. The predicted molar refractivity (Wildman–Crippen MR) is 88.3 cm³/mol. The van der Waals surface area contributed by atoms with Crippen LogP contribution in [-0.4, -0.2) is 33.4 Å². The Morgan fingerprint density at radius 1 is 1.32 bits per heavy atom. The number of thiophene rings is 1. The van der Waals surface area contributed by atoms with Crippen LogP contribution in [0.15, 0.2) is 41.1 Å². The second kappa shape index (κ2) is 5.25. The van der Waals surface area contributed by atoms with E-state index in [1.165, 1.54) is 0 Å². The fraction of sp³-hybridized carbons (Fsp3) is 0.294. The highest BCUT2D eigenvalue weighted by atomic mass is 32.1. The lowest BCUT2D eigenvalue weighted by atomic mass is 10.2. The monoisotopic (exact) mass is 311 g/mol. The van der Waals surface area contributed by atoms with Crippen molar-refractivity contribution in [3.63, 3.8) is 0 Å². The fourth-order valence-corrected chi connectivity index (χ4v) is 3.96. The number of aromatic nitrogens is 2. The van der Waals surface area contributed by atoms with Crippen LogP contribution < -0.4 is 0 Å². The highest BCUT2D eigenvalue weighted by Gasteiger charge is 2.29. The minimum absolute atomic E-state index is 0.144. The molecule has 0 spiro atoms. The molecule has 4 rings (SSSR count). The van der Waals surface area contributed by atoms with E-state index in [-0.39, 0.29) is 5.91 Å². The van der Waals surface area contributed by atoms with E-state index in [1.807, 2.05) is 46.8 Å². The van der Waals surface area contributed by atoms with E-state index in [9.17, 15) is 4.79 Å². The van der Waals surface area contributed by atoms with Crippen molar-refractivity contribution in [2.24, 2.45) is 0 Å². The summed E-state index contributed by atoms with van der Waals surface area (Å²) in [4.78, 5) is 19.1. The Morgan fingerprint density at radius 3 is 3.00 bits per heavy atom. The Balaban J connectivity index is 1.62. The first-order chi connectivity index (χ1) is 10.7. The van der Waals surface area contributed by atoms with Gasteiger partial charge >= 0.3 is 0 Å². The van der Waals surface area contributed by atoms with E-state index >= 15 is 0 Å². The van der Waals surface area contributed by atoms with Gasteiger partial charge in [-0.15, -0.1) is 0 Å². The van der Waals surface area contributed by atoms with Gasteiger partial charge in [-0.25, -0.2) is 4.98 Å². The minimum Gasteiger partial charge on any atom is -0.336 e. The third kappa shape index (κ3) is 2.13. The molecule has 3 aromatic rings. The summed E-state index contributed by atoms with van der Waals surface area (Å²) in [6, 6.07) is 10.4. The van der Waals surface area contributed by atoms with Crippen LogP contribution in [0.25, 0.3) is 11.0 Å². The molecular formula is C17H17N3OS. The third-order valence-electron chi connectivity index (χ3n) is 4.36. The molecule has 1 aliphatic heterocycles. The van der Waals surface area contributed by atoms with Crippen LogP contribution in [0, 0.1) is 6.92 Å². The largest absolute Gasteiger partial charge is 0.336 e. The van der Waals surface area contributed by atoms with Gasteiger partial charge in [-0.3, -0.25) is 4.79 Å². The lowest BCUT2D eigenvalue weighted by Gasteiger charge is -2.18. The van der Waals surface area contributed by atoms with Crippen LogP contribution in [0.5, 0.6) is 0 Å². The molecule has 1 fully saturated rings. The van der Waals surface area contributed by atoms with Crippen molar-refractivity contribution in [1.82, 2.24) is 14.5 Å². The average molecular weight is 311 g/mol. The maximum atomic E-state index is 12.5. The SMILES string of the molecule is Cc1nc2ccccc2n1[C@H]1CCN(C(=O)c2ccsc2)C1. The summed E-state index contributed by atoms with van der Waals surface area (Å²) in [6.07, 6.45) is 0.983. The van der Waals surface area contributed by atoms with Gasteiger partial charge in [0.15, 0.2) is 0 Å². The smallest absolute Gasteiger partial charge is 0.254 e. The second-order valence-electron chi connectivity index (χ2n) is 5.72. The maximum Gasteiger partial charge on any atom is 0.254 e. The van der Waals surface area contributed by atoms with Crippen molar-refractivity contribution >= 4 is 28.3 Å². The van der Waals surface area contributed by atoms with E-state index in [0.717, 1.165) is 41.9 Å². The summed E-state index contributed by atoms with van der Waals surface area (Å²) in [5.74, 6) is 1.17. The fourth-order valence-electron chi connectivity index (χ4n) is 3.33. The van der Waals surface area contributed by atoms with Gasteiger partial charge in [0.05, 0.1) is 22.6 Å². The van der Waals surface area contributed by atoms with Crippen molar-refractivity contribution in [3.05, 3.63) is 52.5 Å². The highest BCUT2D eigenvalue weighted by Crippen LogP contribution is 2.28. The molecule has 1 aromatic carbocycles. The van der Waals surface area contributed by atoms with E-state index < -0.39 is 0 Å². The van der Waals surface area contributed by atoms with E-state index in [2.05, 4.69) is 15.6 Å². The lowest BCUT2D eigenvalue weighted by molar-refractivity contribution is 0.0788. The highest BCUT2D eigenvalue weighted by molar-refractivity contribution is 7.08. The van der Waals surface area contributed by atoms with Gasteiger partial charge in [0, 0.05) is 18.5 Å². The number of hydrogen-bond donors (Lipinski definition) is 0. The number of imidazole rings is 1. The molecule has 0 bridgehead atoms. The summed E-state index contributed by atoms with van der Waals surface area (Å²) >= 11 is 1.57. The molecule has 2 aromatic heterocycles. The zero-order valence-corrected chi connectivity index (χ0v) is 13.2. The Bertz CT molecular complexity index is 822. The molecule has 0 saturated carbocycles. The van der Waals surface area contributed by atoms with Gasteiger partial charge in [0.2, 0.25) is 0 Å². The normalized spacial score (nSPS) is 18.2. The van der Waals surface area contributed by atoms with E-state index in [0.29, 0.717) is 6.04 Å². The number of likely N-dealkylation sites (tertiary alicyclic amines) is 1. The molecule has 22 heavy (non-hydrogen) atoms. The quantitative estimate of drug-likeness (QED) is 0.726. The van der Waals surface area contributed by atoms with Crippen LogP contribution in [-0.2, 0) is 0 Å². The van der Waals surface area contributed by atoms with Gasteiger partial charge in [-0.2, -0.15) is 11.3 Å². The third-order valence-corrected chi connectivity index (χ3v) is 5.04. The Kier molecular flexibility index (Phi) is 3.22. The predicted octanol–water partition coefficient (Wildman–Crippen LogP) is 3.49. The summed E-state index contributed by atoms with van der Waals surface area (Å²) in [5.41, 5.74) is 3.00.